The third-order valence-electron chi connectivity index (χ3n) is 1.50. The van der Waals surface area contributed by atoms with Crippen LogP contribution >= 0.6 is 41.1 Å². The van der Waals surface area contributed by atoms with Crippen molar-refractivity contribution in [3.8, 4) is 0 Å². The fourth-order valence-corrected chi connectivity index (χ4v) is 4.97. The van der Waals surface area contributed by atoms with E-state index >= 15 is 0 Å². The van der Waals surface area contributed by atoms with Gasteiger partial charge in [-0.2, -0.15) is 0 Å². The van der Waals surface area contributed by atoms with Gasteiger partial charge in [0, 0.05) is 10.5 Å². The SMILES string of the molecule is C[C@@H]1SS[C@@H](C)C1O[P+](=O)S. The predicted octanol–water partition coefficient (Wildman–Crippen LogP) is 3.13. The summed E-state index contributed by atoms with van der Waals surface area (Å²) in [6.07, 6.45) is 0.0890. The van der Waals surface area contributed by atoms with Crippen molar-refractivity contribution in [2.45, 2.75) is 30.5 Å². The molecule has 0 amide bonds. The second kappa shape index (κ2) is 4.38. The van der Waals surface area contributed by atoms with Crippen LogP contribution < -0.4 is 0 Å². The maximum absolute atomic E-state index is 10.7. The molecule has 1 unspecified atom stereocenters. The van der Waals surface area contributed by atoms with Gasteiger partial charge in [0.1, 0.15) is 18.4 Å². The van der Waals surface area contributed by atoms with Crippen molar-refractivity contribution in [3.05, 3.63) is 0 Å². The van der Waals surface area contributed by atoms with Crippen LogP contribution in [0.2, 0.25) is 0 Å². The quantitative estimate of drug-likeness (QED) is 0.447. The Hall–Kier alpha value is 1.11. The summed E-state index contributed by atoms with van der Waals surface area (Å²) in [5.41, 5.74) is 0. The van der Waals surface area contributed by atoms with Crippen LogP contribution in [0, 0.1) is 0 Å². The standard InChI is InChI=1S/C5H9O2PS3/c1-3-5(7-8(6)9)4(2)11-10-3/h3-5H,1-2H3/p+1/t3-,4-/m0/s1. The summed E-state index contributed by atoms with van der Waals surface area (Å²) in [6, 6.07) is 0. The maximum Gasteiger partial charge on any atom is 0.582 e. The Morgan fingerprint density at radius 3 is 2.18 bits per heavy atom. The van der Waals surface area contributed by atoms with Crippen LogP contribution in [-0.4, -0.2) is 16.6 Å². The highest BCUT2D eigenvalue weighted by Crippen LogP contribution is 2.48. The van der Waals surface area contributed by atoms with Gasteiger partial charge in [-0.3, -0.25) is 0 Å². The first-order valence-corrected chi connectivity index (χ1v) is 7.87. The van der Waals surface area contributed by atoms with Gasteiger partial charge in [-0.1, -0.05) is 21.6 Å². The summed E-state index contributed by atoms with van der Waals surface area (Å²) in [5.74, 6) is 0. The molecule has 3 atom stereocenters. The summed E-state index contributed by atoms with van der Waals surface area (Å²) >= 11 is 3.72. The van der Waals surface area contributed by atoms with Crippen molar-refractivity contribution in [1.29, 1.82) is 0 Å². The van der Waals surface area contributed by atoms with Crippen molar-refractivity contribution in [2.75, 3.05) is 0 Å². The Morgan fingerprint density at radius 1 is 1.36 bits per heavy atom. The normalized spacial score (nSPS) is 34.3. The van der Waals surface area contributed by atoms with E-state index in [1.807, 2.05) is 0 Å². The van der Waals surface area contributed by atoms with Crippen LogP contribution in [0.25, 0.3) is 0 Å². The van der Waals surface area contributed by atoms with Crippen LogP contribution in [-0.2, 0) is 9.09 Å². The fourth-order valence-electron chi connectivity index (χ4n) is 0.942. The van der Waals surface area contributed by atoms with Crippen LogP contribution in [0.3, 0.4) is 0 Å². The maximum atomic E-state index is 10.7. The van der Waals surface area contributed by atoms with Gasteiger partial charge in [-0.05, 0) is 18.4 Å². The molecule has 0 aromatic heterocycles. The van der Waals surface area contributed by atoms with Gasteiger partial charge >= 0.3 is 7.23 Å². The molecule has 1 aliphatic rings. The predicted molar refractivity (Wildman–Crippen MR) is 55.6 cm³/mol. The van der Waals surface area contributed by atoms with Gasteiger partial charge in [0.15, 0.2) is 0 Å². The zero-order chi connectivity index (χ0) is 8.43. The van der Waals surface area contributed by atoms with Gasteiger partial charge < -0.3 is 0 Å². The Labute approximate surface area is 80.6 Å². The minimum Gasteiger partial charge on any atom is -0.131 e. The lowest BCUT2D eigenvalue weighted by molar-refractivity contribution is 0.227. The van der Waals surface area contributed by atoms with E-state index in [4.69, 9.17) is 4.52 Å². The number of hydrogen-bond acceptors (Lipinski definition) is 4. The van der Waals surface area contributed by atoms with E-state index in [-0.39, 0.29) is 6.10 Å². The highest BCUT2D eigenvalue weighted by atomic mass is 33.1. The van der Waals surface area contributed by atoms with E-state index in [0.717, 1.165) is 0 Å². The summed E-state index contributed by atoms with van der Waals surface area (Å²) in [5, 5.41) is 0.835. The van der Waals surface area contributed by atoms with Crippen LogP contribution in [0.4, 0.5) is 0 Å². The average Bonchev–Trinajstić information content (AvgIpc) is 2.18. The molecule has 0 N–H and O–H groups in total. The van der Waals surface area contributed by atoms with Crippen LogP contribution in [0.1, 0.15) is 13.8 Å². The van der Waals surface area contributed by atoms with Crippen molar-refractivity contribution in [3.63, 3.8) is 0 Å². The van der Waals surface area contributed by atoms with E-state index in [0.29, 0.717) is 10.5 Å². The average molecular weight is 229 g/mol. The molecular formula is C5H10O2PS3+. The molecule has 0 saturated carbocycles. The van der Waals surface area contributed by atoms with Crippen molar-refractivity contribution < 1.29 is 9.09 Å². The molecule has 64 valence electrons. The highest BCUT2D eigenvalue weighted by molar-refractivity contribution is 8.77. The van der Waals surface area contributed by atoms with Gasteiger partial charge in [-0.15, -0.1) is 4.52 Å². The Morgan fingerprint density at radius 2 is 1.82 bits per heavy atom. The van der Waals surface area contributed by atoms with E-state index in [1.54, 1.807) is 21.6 Å². The number of thiol groups is 1. The third-order valence-corrected chi connectivity index (χ3v) is 5.61. The molecule has 11 heavy (non-hydrogen) atoms. The van der Waals surface area contributed by atoms with E-state index in [1.165, 1.54) is 0 Å². The molecule has 1 heterocycles. The van der Waals surface area contributed by atoms with E-state index in [2.05, 4.69) is 26.1 Å². The largest absolute Gasteiger partial charge is 0.582 e. The van der Waals surface area contributed by atoms with E-state index < -0.39 is 7.23 Å². The topological polar surface area (TPSA) is 26.3 Å². The molecule has 1 aliphatic heterocycles. The number of rotatable bonds is 2. The summed E-state index contributed by atoms with van der Waals surface area (Å²) in [6.45, 7) is 4.16. The molecule has 0 aromatic rings. The lowest BCUT2D eigenvalue weighted by Crippen LogP contribution is -2.24. The van der Waals surface area contributed by atoms with Crippen molar-refractivity contribution >= 4 is 41.1 Å². The second-order valence-electron chi connectivity index (χ2n) is 2.41. The molecule has 0 radical (unpaired) electrons. The Bertz CT molecular complexity index is 156. The monoisotopic (exact) mass is 229 g/mol. The van der Waals surface area contributed by atoms with Crippen LogP contribution in [0.5, 0.6) is 0 Å². The van der Waals surface area contributed by atoms with E-state index in [9.17, 15) is 4.57 Å². The molecule has 1 saturated heterocycles. The number of hydrogen-bond donors (Lipinski definition) is 1. The molecule has 6 heteroatoms. The fraction of sp³-hybridized carbons (Fsp3) is 1.00. The molecule has 2 nitrogen and oxygen atoms in total. The lowest BCUT2D eigenvalue weighted by Gasteiger charge is -2.08. The van der Waals surface area contributed by atoms with Gasteiger partial charge in [0.2, 0.25) is 0 Å². The Balaban J connectivity index is 2.47. The zero-order valence-corrected chi connectivity index (χ0v) is 9.68. The van der Waals surface area contributed by atoms with Gasteiger partial charge in [0.25, 0.3) is 0 Å². The Kier molecular flexibility index (Phi) is 4.05. The minimum atomic E-state index is -1.75. The molecule has 0 aliphatic carbocycles. The lowest BCUT2D eigenvalue weighted by atomic mass is 10.2. The summed E-state index contributed by atoms with van der Waals surface area (Å²) in [7, 11) is 1.82. The molecule has 0 bridgehead atoms. The summed E-state index contributed by atoms with van der Waals surface area (Å²) < 4.78 is 15.8. The highest BCUT2D eigenvalue weighted by Gasteiger charge is 2.38. The smallest absolute Gasteiger partial charge is 0.131 e. The minimum absolute atomic E-state index is 0.0890. The molecular weight excluding hydrogens is 219 g/mol. The second-order valence-corrected chi connectivity index (χ2v) is 7.10. The molecule has 0 spiro atoms. The van der Waals surface area contributed by atoms with Crippen molar-refractivity contribution in [2.24, 2.45) is 0 Å². The first kappa shape index (κ1) is 10.2. The first-order valence-electron chi connectivity index (χ1n) is 3.26. The first-order chi connectivity index (χ1) is 5.11. The zero-order valence-electron chi connectivity index (χ0n) is 6.26. The van der Waals surface area contributed by atoms with Gasteiger partial charge in [-0.25, -0.2) is 0 Å². The third kappa shape index (κ3) is 2.81. The molecule has 0 aromatic carbocycles. The van der Waals surface area contributed by atoms with Crippen molar-refractivity contribution in [1.82, 2.24) is 0 Å². The molecule has 1 fully saturated rings. The van der Waals surface area contributed by atoms with Gasteiger partial charge in [0.05, 0.1) is 0 Å². The van der Waals surface area contributed by atoms with Crippen LogP contribution in [0.15, 0.2) is 0 Å². The summed E-state index contributed by atoms with van der Waals surface area (Å²) in [4.78, 5) is 0. The molecule has 1 rings (SSSR count).